The molecule has 3 heterocycles. The van der Waals surface area contributed by atoms with Crippen LogP contribution in [0.25, 0.3) is 0 Å². The second-order valence-electron chi connectivity index (χ2n) is 5.41. The smallest absolute Gasteiger partial charge is 0.233 e. The fraction of sp³-hybridized carbons (Fsp3) is 0.692. The highest BCUT2D eigenvalue weighted by Gasteiger charge is 2.46. The number of aliphatic hydroxyl groups is 1. The van der Waals surface area contributed by atoms with Crippen molar-refractivity contribution in [3.05, 3.63) is 17.8 Å². The molecule has 2 aliphatic heterocycles. The van der Waals surface area contributed by atoms with Crippen LogP contribution < -0.4 is 4.74 Å². The number of hydrogen-bond acceptors (Lipinski definition) is 6. The molecule has 2 fully saturated rings. The predicted octanol–water partition coefficient (Wildman–Crippen LogP) is 0.166. The number of piperidine rings is 1. The van der Waals surface area contributed by atoms with Gasteiger partial charge in [0.05, 0.1) is 26.0 Å². The van der Waals surface area contributed by atoms with E-state index in [1.807, 2.05) is 0 Å². The van der Waals surface area contributed by atoms with Crippen LogP contribution in [0.3, 0.4) is 0 Å². The summed E-state index contributed by atoms with van der Waals surface area (Å²) in [4.78, 5) is 2.30. The van der Waals surface area contributed by atoms with Gasteiger partial charge in [0, 0.05) is 18.2 Å². The van der Waals surface area contributed by atoms with E-state index in [2.05, 4.69) is 22.1 Å². The van der Waals surface area contributed by atoms with Gasteiger partial charge in [-0.1, -0.05) is 0 Å². The van der Waals surface area contributed by atoms with E-state index < -0.39 is 5.60 Å². The first-order valence-corrected chi connectivity index (χ1v) is 6.52. The number of methoxy groups -OCH3 is 1. The third kappa shape index (κ3) is 2.20. The van der Waals surface area contributed by atoms with E-state index >= 15 is 0 Å². The van der Waals surface area contributed by atoms with Crippen molar-refractivity contribution >= 4 is 0 Å². The highest BCUT2D eigenvalue weighted by Crippen LogP contribution is 2.39. The molecule has 6 nitrogen and oxygen atoms in total. The van der Waals surface area contributed by atoms with Crippen molar-refractivity contribution in [2.45, 2.75) is 30.5 Å². The lowest BCUT2D eigenvalue weighted by atomic mass is 9.79. The van der Waals surface area contributed by atoms with Crippen molar-refractivity contribution in [2.24, 2.45) is 0 Å². The van der Waals surface area contributed by atoms with Gasteiger partial charge in [0.15, 0.2) is 0 Å². The fourth-order valence-corrected chi connectivity index (χ4v) is 3.03. The quantitative estimate of drug-likeness (QED) is 0.822. The molecule has 6 heteroatoms. The molecule has 1 aromatic rings. The third-order valence-corrected chi connectivity index (χ3v) is 4.25. The summed E-state index contributed by atoms with van der Waals surface area (Å²) in [6, 6.07) is 4.02. The van der Waals surface area contributed by atoms with E-state index in [4.69, 9.17) is 9.47 Å². The van der Waals surface area contributed by atoms with Gasteiger partial charge in [-0.25, -0.2) is 0 Å². The second kappa shape index (κ2) is 4.70. The number of hydrogen-bond donors (Lipinski definition) is 1. The predicted molar refractivity (Wildman–Crippen MR) is 67.9 cm³/mol. The van der Waals surface area contributed by atoms with Crippen LogP contribution in [-0.2, 0) is 10.3 Å². The van der Waals surface area contributed by atoms with Gasteiger partial charge in [-0.15, -0.1) is 10.2 Å². The maximum Gasteiger partial charge on any atom is 0.233 e. The first-order chi connectivity index (χ1) is 9.12. The number of ether oxygens (including phenoxy) is 2. The molecule has 0 spiro atoms. The first kappa shape index (κ1) is 12.8. The number of fused-ring (bicyclic) bond motifs is 2. The van der Waals surface area contributed by atoms with Crippen molar-refractivity contribution in [3.8, 4) is 5.88 Å². The molecule has 1 N–H and O–H groups in total. The van der Waals surface area contributed by atoms with Crippen molar-refractivity contribution < 1.29 is 14.6 Å². The Bertz CT molecular complexity index is 437. The van der Waals surface area contributed by atoms with Gasteiger partial charge in [0.2, 0.25) is 5.88 Å². The van der Waals surface area contributed by atoms with Crippen LogP contribution >= 0.6 is 0 Å². The molecular formula is C13H19N3O3. The van der Waals surface area contributed by atoms with Crippen molar-refractivity contribution in [2.75, 3.05) is 27.4 Å². The topological polar surface area (TPSA) is 67.7 Å². The van der Waals surface area contributed by atoms with Gasteiger partial charge in [-0.2, -0.15) is 0 Å². The lowest BCUT2D eigenvalue weighted by Gasteiger charge is -2.49. The summed E-state index contributed by atoms with van der Waals surface area (Å²) in [5.74, 6) is 0.462. The van der Waals surface area contributed by atoms with E-state index in [1.54, 1.807) is 19.2 Å². The summed E-state index contributed by atoms with van der Waals surface area (Å²) in [6.07, 6.45) is 1.25. The Morgan fingerprint density at radius 1 is 1.32 bits per heavy atom. The molecule has 2 atom stereocenters. The lowest BCUT2D eigenvalue weighted by molar-refractivity contribution is -0.139. The van der Waals surface area contributed by atoms with Gasteiger partial charge in [-0.3, -0.25) is 4.90 Å². The molecule has 0 aromatic carbocycles. The normalized spacial score (nSPS) is 35.1. The minimum atomic E-state index is -0.912. The minimum absolute atomic E-state index is 0.237. The van der Waals surface area contributed by atoms with Crippen molar-refractivity contribution in [1.82, 2.24) is 15.1 Å². The Balaban J connectivity index is 1.86. The summed E-state index contributed by atoms with van der Waals surface area (Å²) in [5.41, 5.74) is -0.288. The molecule has 104 valence electrons. The van der Waals surface area contributed by atoms with E-state index in [0.717, 1.165) is 0 Å². The maximum atomic E-state index is 10.9. The number of rotatable bonds is 2. The Morgan fingerprint density at radius 3 is 2.53 bits per heavy atom. The van der Waals surface area contributed by atoms with Crippen LogP contribution in [0, 0.1) is 0 Å². The third-order valence-electron chi connectivity index (χ3n) is 4.25. The molecule has 0 amide bonds. The standard InChI is InChI=1S/C13H19N3O3/c1-16-9-5-13(17,6-10(16)8-19-7-9)11-3-4-12(18-2)15-14-11/h3-4,9-10,17H,5-8H2,1-2H3. The second-order valence-corrected chi connectivity index (χ2v) is 5.41. The summed E-state index contributed by atoms with van der Waals surface area (Å²) < 4.78 is 10.6. The van der Waals surface area contributed by atoms with Crippen LogP contribution in [0.15, 0.2) is 12.1 Å². The summed E-state index contributed by atoms with van der Waals surface area (Å²) in [6.45, 7) is 1.33. The highest BCUT2D eigenvalue weighted by atomic mass is 16.5. The number of likely N-dealkylation sites (N-methyl/N-ethyl adjacent to an activating group) is 1. The molecule has 1 aromatic heterocycles. The van der Waals surface area contributed by atoms with Crippen LogP contribution in [0.5, 0.6) is 5.88 Å². The van der Waals surface area contributed by atoms with E-state index in [9.17, 15) is 5.11 Å². The highest BCUT2D eigenvalue weighted by molar-refractivity contribution is 5.19. The van der Waals surface area contributed by atoms with Crippen LogP contribution in [-0.4, -0.2) is 59.7 Å². The Kier molecular flexibility index (Phi) is 3.16. The minimum Gasteiger partial charge on any atom is -0.480 e. The molecule has 2 saturated heterocycles. The zero-order valence-electron chi connectivity index (χ0n) is 11.2. The Morgan fingerprint density at radius 2 is 2.00 bits per heavy atom. The first-order valence-electron chi connectivity index (χ1n) is 6.52. The monoisotopic (exact) mass is 265 g/mol. The van der Waals surface area contributed by atoms with Gasteiger partial charge < -0.3 is 14.6 Å². The molecule has 19 heavy (non-hydrogen) atoms. The average Bonchev–Trinajstić information content (AvgIpc) is 2.41. The van der Waals surface area contributed by atoms with Gasteiger partial charge in [0.1, 0.15) is 5.60 Å². The molecule has 2 aliphatic rings. The van der Waals surface area contributed by atoms with Gasteiger partial charge in [-0.05, 0) is 26.0 Å². The molecule has 0 saturated carbocycles. The number of morpholine rings is 1. The van der Waals surface area contributed by atoms with Crippen LogP contribution in [0.4, 0.5) is 0 Å². The average molecular weight is 265 g/mol. The molecule has 3 rings (SSSR count). The lowest BCUT2D eigenvalue weighted by Crippen LogP contribution is -2.59. The van der Waals surface area contributed by atoms with E-state index in [1.165, 1.54) is 0 Å². The largest absolute Gasteiger partial charge is 0.480 e. The zero-order chi connectivity index (χ0) is 13.5. The van der Waals surface area contributed by atoms with Gasteiger partial charge in [0.25, 0.3) is 0 Å². The SMILES string of the molecule is COc1ccc(C2(O)CC3COCC(C2)N3C)nn1. The van der Waals surface area contributed by atoms with Crippen LogP contribution in [0.1, 0.15) is 18.5 Å². The van der Waals surface area contributed by atoms with E-state index in [-0.39, 0.29) is 12.1 Å². The summed E-state index contributed by atoms with van der Waals surface area (Å²) >= 11 is 0. The maximum absolute atomic E-state index is 10.9. The van der Waals surface area contributed by atoms with Crippen LogP contribution in [0.2, 0.25) is 0 Å². The molecule has 2 unspecified atom stereocenters. The number of nitrogens with zero attached hydrogens (tertiary/aromatic N) is 3. The molecule has 0 aliphatic carbocycles. The number of aromatic nitrogens is 2. The van der Waals surface area contributed by atoms with Crippen molar-refractivity contribution in [3.63, 3.8) is 0 Å². The van der Waals surface area contributed by atoms with E-state index in [0.29, 0.717) is 37.6 Å². The Labute approximate surface area is 112 Å². The molecular weight excluding hydrogens is 246 g/mol. The molecule has 0 radical (unpaired) electrons. The fourth-order valence-electron chi connectivity index (χ4n) is 3.03. The summed E-state index contributed by atoms with van der Waals surface area (Å²) in [7, 11) is 3.65. The van der Waals surface area contributed by atoms with Gasteiger partial charge >= 0.3 is 0 Å². The molecule has 2 bridgehead atoms. The summed E-state index contributed by atoms with van der Waals surface area (Å²) in [5, 5.41) is 19.0. The van der Waals surface area contributed by atoms with Crippen molar-refractivity contribution in [1.29, 1.82) is 0 Å². The zero-order valence-corrected chi connectivity index (χ0v) is 11.2. The Hall–Kier alpha value is -1.24.